The van der Waals surface area contributed by atoms with E-state index < -0.39 is 0 Å². The van der Waals surface area contributed by atoms with Gasteiger partial charge in [-0.2, -0.15) is 11.8 Å². The largest absolute Gasteiger partial charge is 0.385 e. The van der Waals surface area contributed by atoms with E-state index in [1.54, 1.807) is 7.05 Å². The van der Waals surface area contributed by atoms with Crippen LogP contribution in [0.4, 0.5) is 5.69 Å². The normalized spacial score (nSPS) is 10.0. The topological polar surface area (TPSA) is 41.1 Å². The Kier molecular flexibility index (Phi) is 6.55. The second-order valence-corrected chi connectivity index (χ2v) is 4.77. The van der Waals surface area contributed by atoms with Crippen LogP contribution in [0.15, 0.2) is 24.3 Å². The molecule has 0 atom stereocenters. The Labute approximate surface area is 107 Å². The average molecular weight is 252 g/mol. The second kappa shape index (κ2) is 8.01. The highest BCUT2D eigenvalue weighted by Gasteiger charge is 2.05. The van der Waals surface area contributed by atoms with E-state index in [1.807, 2.05) is 36.0 Å². The van der Waals surface area contributed by atoms with Crippen LogP contribution in [0.3, 0.4) is 0 Å². The van der Waals surface area contributed by atoms with Crippen molar-refractivity contribution in [1.82, 2.24) is 5.32 Å². The summed E-state index contributed by atoms with van der Waals surface area (Å²) in [5, 5.41) is 6.03. The fraction of sp³-hybridized carbons (Fsp3) is 0.462. The van der Waals surface area contributed by atoms with Crippen LogP contribution in [0.2, 0.25) is 0 Å². The van der Waals surface area contributed by atoms with Crippen molar-refractivity contribution in [2.45, 2.75) is 12.8 Å². The molecule has 0 aromatic heterocycles. The maximum atomic E-state index is 11.4. The number of hydrogen-bond acceptors (Lipinski definition) is 3. The van der Waals surface area contributed by atoms with E-state index in [0.29, 0.717) is 6.42 Å². The van der Waals surface area contributed by atoms with Crippen LogP contribution in [0.1, 0.15) is 12.0 Å². The third-order valence-corrected chi connectivity index (χ3v) is 3.18. The standard InChI is InChI=1S/C13H20N2OS/c1-14-13(16)10-11-6-3-4-7-12(11)15-8-5-9-17-2/h3-4,6-7,15H,5,8-10H2,1-2H3,(H,14,16). The van der Waals surface area contributed by atoms with Gasteiger partial charge in [-0.1, -0.05) is 18.2 Å². The first-order chi connectivity index (χ1) is 8.27. The molecule has 0 saturated carbocycles. The number of anilines is 1. The van der Waals surface area contributed by atoms with Gasteiger partial charge in [0.1, 0.15) is 0 Å². The summed E-state index contributed by atoms with van der Waals surface area (Å²) in [6.07, 6.45) is 3.68. The van der Waals surface area contributed by atoms with Crippen molar-refractivity contribution in [2.75, 3.05) is 30.9 Å². The number of carbonyl (C=O) groups excluding carboxylic acids is 1. The number of carbonyl (C=O) groups is 1. The van der Waals surface area contributed by atoms with E-state index in [9.17, 15) is 4.79 Å². The Morgan fingerprint density at radius 3 is 2.82 bits per heavy atom. The van der Waals surface area contributed by atoms with Gasteiger partial charge < -0.3 is 10.6 Å². The molecule has 17 heavy (non-hydrogen) atoms. The summed E-state index contributed by atoms with van der Waals surface area (Å²) in [6, 6.07) is 7.97. The van der Waals surface area contributed by atoms with Crippen molar-refractivity contribution in [2.24, 2.45) is 0 Å². The second-order valence-electron chi connectivity index (χ2n) is 3.78. The van der Waals surface area contributed by atoms with Gasteiger partial charge in [0.05, 0.1) is 6.42 Å². The molecule has 0 spiro atoms. The zero-order valence-corrected chi connectivity index (χ0v) is 11.3. The molecule has 0 unspecified atom stereocenters. The predicted molar refractivity (Wildman–Crippen MR) is 75.7 cm³/mol. The summed E-state index contributed by atoms with van der Waals surface area (Å²) in [5.74, 6) is 1.20. The number of benzene rings is 1. The maximum absolute atomic E-state index is 11.4. The molecule has 0 radical (unpaired) electrons. The maximum Gasteiger partial charge on any atom is 0.224 e. The lowest BCUT2D eigenvalue weighted by Gasteiger charge is -2.11. The molecule has 0 saturated heterocycles. The summed E-state index contributed by atoms with van der Waals surface area (Å²) in [5.41, 5.74) is 2.12. The first-order valence-corrected chi connectivity index (χ1v) is 7.18. The lowest BCUT2D eigenvalue weighted by Crippen LogP contribution is -2.20. The minimum absolute atomic E-state index is 0.0448. The molecule has 0 aliphatic rings. The van der Waals surface area contributed by atoms with E-state index >= 15 is 0 Å². The molecular formula is C13H20N2OS. The van der Waals surface area contributed by atoms with E-state index in [4.69, 9.17) is 0 Å². The van der Waals surface area contributed by atoms with Crippen LogP contribution in [0.5, 0.6) is 0 Å². The summed E-state index contributed by atoms with van der Waals surface area (Å²) in [4.78, 5) is 11.4. The Morgan fingerprint density at radius 2 is 2.12 bits per heavy atom. The monoisotopic (exact) mass is 252 g/mol. The van der Waals surface area contributed by atoms with Crippen molar-refractivity contribution in [3.05, 3.63) is 29.8 Å². The third-order valence-electron chi connectivity index (χ3n) is 2.49. The summed E-state index contributed by atoms with van der Waals surface area (Å²) in [6.45, 7) is 0.950. The molecule has 0 heterocycles. The fourth-order valence-electron chi connectivity index (χ4n) is 1.55. The van der Waals surface area contributed by atoms with E-state index in [-0.39, 0.29) is 5.91 Å². The number of likely N-dealkylation sites (N-methyl/N-ethyl adjacent to an activating group) is 1. The van der Waals surface area contributed by atoms with Gasteiger partial charge >= 0.3 is 0 Å². The van der Waals surface area contributed by atoms with E-state index in [2.05, 4.69) is 16.9 Å². The van der Waals surface area contributed by atoms with Gasteiger partial charge in [-0.25, -0.2) is 0 Å². The van der Waals surface area contributed by atoms with Crippen LogP contribution in [0, 0.1) is 0 Å². The fourth-order valence-corrected chi connectivity index (χ4v) is 1.98. The SMILES string of the molecule is CNC(=O)Cc1ccccc1NCCCSC. The first kappa shape index (κ1) is 13.9. The van der Waals surface area contributed by atoms with Crippen LogP contribution < -0.4 is 10.6 Å². The number of hydrogen-bond donors (Lipinski definition) is 2. The molecule has 0 aliphatic carbocycles. The number of nitrogens with one attached hydrogen (secondary N) is 2. The average Bonchev–Trinajstić information content (AvgIpc) is 2.36. The smallest absolute Gasteiger partial charge is 0.224 e. The summed E-state index contributed by atoms with van der Waals surface area (Å²) in [7, 11) is 1.66. The minimum atomic E-state index is 0.0448. The summed E-state index contributed by atoms with van der Waals surface area (Å²) >= 11 is 1.85. The Morgan fingerprint density at radius 1 is 1.35 bits per heavy atom. The minimum Gasteiger partial charge on any atom is -0.385 e. The highest BCUT2D eigenvalue weighted by Crippen LogP contribution is 2.15. The van der Waals surface area contributed by atoms with Crippen LogP contribution in [-0.2, 0) is 11.2 Å². The lowest BCUT2D eigenvalue weighted by atomic mass is 10.1. The molecule has 0 fully saturated rings. The molecule has 0 bridgehead atoms. The van der Waals surface area contributed by atoms with Crippen molar-refractivity contribution in [3.63, 3.8) is 0 Å². The van der Waals surface area contributed by atoms with Gasteiger partial charge in [0.15, 0.2) is 0 Å². The molecule has 3 nitrogen and oxygen atoms in total. The number of rotatable bonds is 7. The molecule has 1 amide bonds. The molecule has 0 aliphatic heterocycles. The van der Waals surface area contributed by atoms with Crippen molar-refractivity contribution in [3.8, 4) is 0 Å². The molecule has 1 aromatic rings. The highest BCUT2D eigenvalue weighted by molar-refractivity contribution is 7.98. The third kappa shape index (κ3) is 5.13. The van der Waals surface area contributed by atoms with Gasteiger partial charge in [-0.3, -0.25) is 4.79 Å². The van der Waals surface area contributed by atoms with E-state index in [1.165, 1.54) is 0 Å². The van der Waals surface area contributed by atoms with Crippen LogP contribution in [-0.4, -0.2) is 31.5 Å². The molecular weight excluding hydrogens is 232 g/mol. The summed E-state index contributed by atoms with van der Waals surface area (Å²) < 4.78 is 0. The van der Waals surface area contributed by atoms with Crippen LogP contribution >= 0.6 is 11.8 Å². The molecule has 1 aromatic carbocycles. The van der Waals surface area contributed by atoms with Crippen molar-refractivity contribution < 1.29 is 4.79 Å². The quantitative estimate of drug-likeness (QED) is 0.731. The van der Waals surface area contributed by atoms with E-state index in [0.717, 1.165) is 30.0 Å². The Hall–Kier alpha value is -1.16. The van der Waals surface area contributed by atoms with Gasteiger partial charge in [0, 0.05) is 19.3 Å². The first-order valence-electron chi connectivity index (χ1n) is 5.79. The predicted octanol–water partition coefficient (Wildman–Crippen LogP) is 2.14. The van der Waals surface area contributed by atoms with Crippen LogP contribution in [0.25, 0.3) is 0 Å². The number of amides is 1. The van der Waals surface area contributed by atoms with Gasteiger partial charge in [0.25, 0.3) is 0 Å². The highest BCUT2D eigenvalue weighted by atomic mass is 32.2. The zero-order valence-electron chi connectivity index (χ0n) is 10.5. The van der Waals surface area contributed by atoms with Crippen molar-refractivity contribution >= 4 is 23.4 Å². The molecule has 4 heteroatoms. The molecule has 94 valence electrons. The Bertz CT molecular complexity index is 355. The number of para-hydroxylation sites is 1. The molecule has 2 N–H and O–H groups in total. The van der Waals surface area contributed by atoms with Gasteiger partial charge in [-0.05, 0) is 30.1 Å². The lowest BCUT2D eigenvalue weighted by molar-refractivity contribution is -0.119. The molecule has 1 rings (SSSR count). The zero-order chi connectivity index (χ0) is 12.5. The van der Waals surface area contributed by atoms with Crippen molar-refractivity contribution in [1.29, 1.82) is 0 Å². The Balaban J connectivity index is 2.54. The van der Waals surface area contributed by atoms with Gasteiger partial charge in [0.2, 0.25) is 5.91 Å². The van der Waals surface area contributed by atoms with Gasteiger partial charge in [-0.15, -0.1) is 0 Å². The number of thioether (sulfide) groups is 1.